The molecule has 0 saturated heterocycles. The summed E-state index contributed by atoms with van der Waals surface area (Å²) < 4.78 is 0.678. The number of carbonyl (C=O) groups is 3. The SMILES string of the molecule is O=C1NC(c2ccccc2)=C2C(=O)[N+](C(=O)O)=C(c3ccccc3)C12. The summed E-state index contributed by atoms with van der Waals surface area (Å²) in [7, 11) is 0. The Morgan fingerprint density at radius 1 is 0.920 bits per heavy atom. The standard InChI is InChI=1S/C19H12N2O4/c22-17-14-13(15(20-17)11-7-3-1-4-8-11)18(23)21(19(24)25)16(14)12-9-5-2-6-10-12/h1-10,14H,(H-,20,22,23,24,25)/p+1. The second-order valence-electron chi connectivity index (χ2n) is 5.75. The second kappa shape index (κ2) is 5.52. The molecule has 0 fully saturated rings. The van der Waals surface area contributed by atoms with Crippen LogP contribution < -0.4 is 5.32 Å². The first kappa shape index (κ1) is 15.0. The Balaban J connectivity index is 1.96. The van der Waals surface area contributed by atoms with Crippen molar-refractivity contribution >= 4 is 29.3 Å². The van der Waals surface area contributed by atoms with Crippen LogP contribution in [-0.4, -0.2) is 33.3 Å². The highest BCUT2D eigenvalue weighted by Gasteiger charge is 2.57. The molecule has 3 amide bonds. The number of fused-ring (bicyclic) bond motifs is 1. The third-order valence-electron chi connectivity index (χ3n) is 4.34. The zero-order valence-corrected chi connectivity index (χ0v) is 13.0. The van der Waals surface area contributed by atoms with E-state index in [1.54, 1.807) is 54.6 Å². The van der Waals surface area contributed by atoms with Gasteiger partial charge in [-0.2, -0.15) is 4.79 Å². The lowest BCUT2D eigenvalue weighted by Crippen LogP contribution is -2.32. The van der Waals surface area contributed by atoms with Gasteiger partial charge >= 0.3 is 12.0 Å². The number of nitrogens with zero attached hydrogens (tertiary/aromatic N) is 1. The van der Waals surface area contributed by atoms with Crippen molar-refractivity contribution in [3.63, 3.8) is 0 Å². The van der Waals surface area contributed by atoms with Crippen molar-refractivity contribution in [2.24, 2.45) is 5.92 Å². The molecule has 2 heterocycles. The Labute approximate surface area is 142 Å². The average molecular weight is 333 g/mol. The van der Waals surface area contributed by atoms with E-state index in [9.17, 15) is 19.5 Å². The smallest absolute Gasteiger partial charge is 0.427 e. The quantitative estimate of drug-likeness (QED) is 0.822. The monoisotopic (exact) mass is 333 g/mol. The molecule has 0 saturated carbocycles. The summed E-state index contributed by atoms with van der Waals surface area (Å²) in [4.78, 5) is 37.1. The van der Waals surface area contributed by atoms with Gasteiger partial charge < -0.3 is 10.4 Å². The molecule has 25 heavy (non-hydrogen) atoms. The fourth-order valence-corrected chi connectivity index (χ4v) is 3.32. The molecule has 2 aromatic carbocycles. The van der Waals surface area contributed by atoms with Gasteiger partial charge in [-0.1, -0.05) is 48.5 Å². The maximum Gasteiger partial charge on any atom is 0.603 e. The van der Waals surface area contributed by atoms with Gasteiger partial charge in [-0.05, 0) is 22.3 Å². The summed E-state index contributed by atoms with van der Waals surface area (Å²) in [5.74, 6) is -2.01. The summed E-state index contributed by atoms with van der Waals surface area (Å²) >= 11 is 0. The van der Waals surface area contributed by atoms with Gasteiger partial charge in [0.2, 0.25) is 11.6 Å². The lowest BCUT2D eigenvalue weighted by molar-refractivity contribution is -0.364. The van der Waals surface area contributed by atoms with Crippen LogP contribution in [0.2, 0.25) is 0 Å². The summed E-state index contributed by atoms with van der Waals surface area (Å²) in [5.41, 5.74) is 1.93. The van der Waals surface area contributed by atoms with Crippen molar-refractivity contribution < 1.29 is 24.1 Å². The molecular weight excluding hydrogens is 320 g/mol. The van der Waals surface area contributed by atoms with E-state index >= 15 is 0 Å². The number of hydrogen-bond acceptors (Lipinski definition) is 3. The first-order valence-electron chi connectivity index (χ1n) is 7.69. The van der Waals surface area contributed by atoms with E-state index in [4.69, 9.17) is 0 Å². The second-order valence-corrected chi connectivity index (χ2v) is 5.75. The van der Waals surface area contributed by atoms with E-state index in [1.807, 2.05) is 6.07 Å². The number of amides is 3. The number of imide groups is 1. The van der Waals surface area contributed by atoms with Crippen LogP contribution in [0.15, 0.2) is 66.2 Å². The molecule has 6 heteroatoms. The van der Waals surface area contributed by atoms with Crippen molar-refractivity contribution in [1.29, 1.82) is 0 Å². The molecule has 2 aliphatic heterocycles. The van der Waals surface area contributed by atoms with Crippen LogP contribution in [0.25, 0.3) is 5.70 Å². The molecule has 2 aliphatic rings. The Morgan fingerprint density at radius 3 is 2.04 bits per heavy atom. The molecule has 0 aliphatic carbocycles. The Bertz CT molecular complexity index is 975. The Hall–Kier alpha value is -3.54. The van der Waals surface area contributed by atoms with Gasteiger partial charge in [0.05, 0.1) is 5.70 Å². The maximum atomic E-state index is 12.8. The van der Waals surface area contributed by atoms with Crippen molar-refractivity contribution in [3.8, 4) is 0 Å². The fourth-order valence-electron chi connectivity index (χ4n) is 3.32. The molecule has 0 spiro atoms. The van der Waals surface area contributed by atoms with Crippen molar-refractivity contribution in [3.05, 3.63) is 77.4 Å². The third-order valence-corrected chi connectivity index (χ3v) is 4.34. The first-order valence-corrected chi connectivity index (χ1v) is 7.69. The van der Waals surface area contributed by atoms with Gasteiger partial charge in [0.25, 0.3) is 0 Å². The number of rotatable bonds is 2. The predicted molar refractivity (Wildman–Crippen MR) is 88.8 cm³/mol. The van der Waals surface area contributed by atoms with Gasteiger partial charge in [0, 0.05) is 5.56 Å². The molecule has 6 nitrogen and oxygen atoms in total. The Kier molecular flexibility index (Phi) is 3.32. The lowest BCUT2D eigenvalue weighted by Gasteiger charge is -2.04. The highest BCUT2D eigenvalue weighted by atomic mass is 16.4. The number of carbonyl (C=O) groups excluding carboxylic acids is 2. The largest absolute Gasteiger partial charge is 0.603 e. The van der Waals surface area contributed by atoms with E-state index in [0.717, 1.165) is 0 Å². The number of benzene rings is 2. The molecule has 0 bridgehead atoms. The summed E-state index contributed by atoms with van der Waals surface area (Å²) in [6, 6.07) is 17.6. The summed E-state index contributed by atoms with van der Waals surface area (Å²) in [5, 5.41) is 12.3. The number of hydrogen-bond donors (Lipinski definition) is 2. The van der Waals surface area contributed by atoms with Gasteiger partial charge in [0.15, 0.2) is 5.92 Å². The maximum absolute atomic E-state index is 12.8. The molecule has 0 radical (unpaired) electrons. The lowest BCUT2D eigenvalue weighted by atomic mass is 9.92. The minimum atomic E-state index is -1.40. The highest BCUT2D eigenvalue weighted by molar-refractivity contribution is 6.29. The fraction of sp³-hybridized carbons (Fsp3) is 0.0526. The minimum Gasteiger partial charge on any atom is -0.427 e. The van der Waals surface area contributed by atoms with Crippen LogP contribution in [0.5, 0.6) is 0 Å². The van der Waals surface area contributed by atoms with Gasteiger partial charge in [-0.15, -0.1) is 0 Å². The van der Waals surface area contributed by atoms with E-state index in [-0.39, 0.29) is 11.3 Å². The van der Waals surface area contributed by atoms with Gasteiger partial charge in [0.1, 0.15) is 5.57 Å². The van der Waals surface area contributed by atoms with Crippen molar-refractivity contribution in [2.45, 2.75) is 0 Å². The molecule has 4 rings (SSSR count). The summed E-state index contributed by atoms with van der Waals surface area (Å²) in [6.07, 6.45) is -1.40. The van der Waals surface area contributed by atoms with E-state index in [1.165, 1.54) is 0 Å². The number of nitrogens with one attached hydrogen (secondary N) is 1. The zero-order chi connectivity index (χ0) is 17.6. The van der Waals surface area contributed by atoms with Crippen molar-refractivity contribution in [1.82, 2.24) is 5.32 Å². The van der Waals surface area contributed by atoms with Crippen LogP contribution in [0.3, 0.4) is 0 Å². The highest BCUT2D eigenvalue weighted by Crippen LogP contribution is 2.36. The predicted octanol–water partition coefficient (Wildman–Crippen LogP) is 1.86. The van der Waals surface area contributed by atoms with Crippen LogP contribution in [0, 0.1) is 5.92 Å². The molecule has 0 aromatic heterocycles. The molecule has 1 atom stereocenters. The first-order chi connectivity index (χ1) is 12.1. The molecule has 2 aromatic rings. The third kappa shape index (κ3) is 2.19. The number of carboxylic acid groups (broad SMARTS) is 1. The van der Waals surface area contributed by atoms with Crippen LogP contribution in [0.4, 0.5) is 4.79 Å². The Morgan fingerprint density at radius 2 is 1.48 bits per heavy atom. The molecule has 1 unspecified atom stereocenters. The topological polar surface area (TPSA) is 86.5 Å². The molecule has 2 N–H and O–H groups in total. The van der Waals surface area contributed by atoms with Crippen LogP contribution in [-0.2, 0) is 9.59 Å². The van der Waals surface area contributed by atoms with Crippen molar-refractivity contribution in [2.75, 3.05) is 0 Å². The zero-order valence-electron chi connectivity index (χ0n) is 13.0. The van der Waals surface area contributed by atoms with Gasteiger partial charge in [-0.3, -0.25) is 4.79 Å². The minimum absolute atomic E-state index is 0.177. The normalized spacial score (nSPS) is 19.3. The van der Waals surface area contributed by atoms with Crippen LogP contribution >= 0.6 is 0 Å². The van der Waals surface area contributed by atoms with E-state index < -0.39 is 23.8 Å². The van der Waals surface area contributed by atoms with Crippen LogP contribution in [0.1, 0.15) is 11.1 Å². The van der Waals surface area contributed by atoms with E-state index in [0.29, 0.717) is 21.4 Å². The molecular formula is C19H13N2O4+. The van der Waals surface area contributed by atoms with E-state index in [2.05, 4.69) is 5.32 Å². The van der Waals surface area contributed by atoms with Gasteiger partial charge in [-0.25, -0.2) is 4.79 Å². The summed E-state index contributed by atoms with van der Waals surface area (Å²) in [6.45, 7) is 0. The average Bonchev–Trinajstić information content (AvgIpc) is 3.12. The molecule has 122 valence electrons.